The van der Waals surface area contributed by atoms with Crippen LogP contribution < -0.4 is 19.1 Å². The Morgan fingerprint density at radius 1 is 0.833 bits per heavy atom. The minimum Gasteiger partial charge on any atom is -0.492 e. The predicted molar refractivity (Wildman–Crippen MR) is 105 cm³/mol. The molecule has 0 spiro atoms. The van der Waals surface area contributed by atoms with Crippen LogP contribution in [-0.2, 0) is 9.59 Å². The number of benzene rings is 2. The molecule has 3 rings (SSSR count). The van der Waals surface area contributed by atoms with Crippen molar-refractivity contribution in [3.05, 3.63) is 48.3 Å². The Bertz CT molecular complexity index is 947. The summed E-state index contributed by atoms with van der Waals surface area (Å²) >= 11 is 0. The second kappa shape index (κ2) is 9.25. The van der Waals surface area contributed by atoms with Crippen LogP contribution in [0.4, 0.5) is 14.9 Å². The highest BCUT2D eigenvalue weighted by molar-refractivity contribution is 6.52. The molecule has 8 nitrogen and oxygen atoms in total. The average Bonchev–Trinajstić information content (AvgIpc) is 2.94. The molecule has 0 radical (unpaired) electrons. The van der Waals surface area contributed by atoms with Crippen molar-refractivity contribution >= 4 is 23.5 Å². The second-order valence-electron chi connectivity index (χ2n) is 6.18. The lowest BCUT2D eigenvalue weighted by Gasteiger charge is -2.18. The molecule has 158 valence electrons. The van der Waals surface area contributed by atoms with Crippen molar-refractivity contribution in [1.29, 1.82) is 0 Å². The van der Waals surface area contributed by atoms with Gasteiger partial charge in [-0.3, -0.25) is 14.5 Å². The number of amides is 4. The number of anilines is 1. The zero-order chi connectivity index (χ0) is 21.7. The molecule has 1 heterocycles. The number of rotatable bonds is 9. The molecule has 0 unspecified atom stereocenters. The Morgan fingerprint density at radius 3 is 2.17 bits per heavy atom. The summed E-state index contributed by atoms with van der Waals surface area (Å²) in [6.07, 6.45) is 0. The van der Waals surface area contributed by atoms with E-state index in [-0.39, 0.29) is 18.8 Å². The SMILES string of the molecule is CCOc1ccc(N2C(=O)C(=O)N(CCOc3ccc(F)cc3)C2=O)cc1OCC. The first-order chi connectivity index (χ1) is 14.5. The maximum Gasteiger partial charge on any atom is 0.339 e. The predicted octanol–water partition coefficient (Wildman–Crippen LogP) is 3.00. The Balaban J connectivity index is 1.73. The molecule has 0 atom stereocenters. The van der Waals surface area contributed by atoms with Crippen LogP contribution in [0.3, 0.4) is 0 Å². The van der Waals surface area contributed by atoms with Crippen molar-refractivity contribution in [3.63, 3.8) is 0 Å². The third-order valence-corrected chi connectivity index (χ3v) is 4.24. The van der Waals surface area contributed by atoms with Gasteiger partial charge in [0.25, 0.3) is 0 Å². The number of halogens is 1. The van der Waals surface area contributed by atoms with Crippen molar-refractivity contribution in [2.24, 2.45) is 0 Å². The minimum absolute atomic E-state index is 0.0439. The van der Waals surface area contributed by atoms with Gasteiger partial charge in [-0.2, -0.15) is 0 Å². The molecular formula is C21H21FN2O6. The van der Waals surface area contributed by atoms with E-state index in [1.807, 2.05) is 6.92 Å². The highest BCUT2D eigenvalue weighted by Gasteiger charge is 2.45. The molecule has 0 bridgehead atoms. The first-order valence-corrected chi connectivity index (χ1v) is 9.44. The number of nitrogens with zero attached hydrogens (tertiary/aromatic N) is 2. The average molecular weight is 416 g/mol. The molecular weight excluding hydrogens is 395 g/mol. The lowest BCUT2D eigenvalue weighted by molar-refractivity contribution is -0.139. The van der Waals surface area contributed by atoms with E-state index in [0.717, 1.165) is 9.80 Å². The van der Waals surface area contributed by atoms with Gasteiger partial charge in [0.2, 0.25) is 0 Å². The van der Waals surface area contributed by atoms with Gasteiger partial charge in [-0.25, -0.2) is 14.1 Å². The van der Waals surface area contributed by atoms with Crippen molar-refractivity contribution in [2.45, 2.75) is 13.8 Å². The van der Waals surface area contributed by atoms with Crippen molar-refractivity contribution in [3.8, 4) is 17.2 Å². The summed E-state index contributed by atoms with van der Waals surface area (Å²) in [5.74, 6) is -1.11. The molecule has 2 aromatic rings. The topological polar surface area (TPSA) is 85.4 Å². The van der Waals surface area contributed by atoms with Gasteiger partial charge in [-0.05, 0) is 50.2 Å². The molecule has 0 saturated carbocycles. The van der Waals surface area contributed by atoms with Gasteiger partial charge < -0.3 is 14.2 Å². The van der Waals surface area contributed by atoms with Crippen LogP contribution in [-0.4, -0.2) is 49.1 Å². The van der Waals surface area contributed by atoms with Gasteiger partial charge in [0.1, 0.15) is 18.2 Å². The van der Waals surface area contributed by atoms with Crippen LogP contribution in [0, 0.1) is 5.82 Å². The molecule has 1 fully saturated rings. The normalized spacial score (nSPS) is 13.8. The van der Waals surface area contributed by atoms with Crippen molar-refractivity contribution in [1.82, 2.24) is 4.90 Å². The third-order valence-electron chi connectivity index (χ3n) is 4.24. The van der Waals surface area contributed by atoms with E-state index < -0.39 is 23.7 Å². The zero-order valence-corrected chi connectivity index (χ0v) is 16.6. The standard InChI is InChI=1S/C21H21FN2O6/c1-3-28-17-10-7-15(13-18(17)29-4-2)24-20(26)19(25)23(21(24)27)11-12-30-16-8-5-14(22)6-9-16/h5-10,13H,3-4,11-12H2,1-2H3. The van der Waals surface area contributed by atoms with E-state index in [4.69, 9.17) is 14.2 Å². The van der Waals surface area contributed by atoms with E-state index >= 15 is 0 Å². The molecule has 30 heavy (non-hydrogen) atoms. The van der Waals surface area contributed by atoms with Gasteiger partial charge in [0, 0.05) is 6.07 Å². The molecule has 0 aliphatic carbocycles. The van der Waals surface area contributed by atoms with Gasteiger partial charge >= 0.3 is 17.8 Å². The molecule has 1 aliphatic heterocycles. The number of imide groups is 2. The summed E-state index contributed by atoms with van der Waals surface area (Å²) in [7, 11) is 0. The number of carbonyl (C=O) groups excluding carboxylic acids is 3. The fraction of sp³-hybridized carbons (Fsp3) is 0.286. The molecule has 2 aromatic carbocycles. The van der Waals surface area contributed by atoms with Gasteiger partial charge in [0.05, 0.1) is 25.4 Å². The highest BCUT2D eigenvalue weighted by atomic mass is 19.1. The quantitative estimate of drug-likeness (QED) is 0.462. The summed E-state index contributed by atoms with van der Waals surface area (Å²) in [5, 5.41) is 0. The van der Waals surface area contributed by atoms with E-state index in [0.29, 0.717) is 30.5 Å². The minimum atomic E-state index is -0.964. The zero-order valence-electron chi connectivity index (χ0n) is 16.6. The first-order valence-electron chi connectivity index (χ1n) is 9.44. The molecule has 0 aromatic heterocycles. The number of ether oxygens (including phenoxy) is 3. The lowest BCUT2D eigenvalue weighted by Crippen LogP contribution is -2.36. The van der Waals surface area contributed by atoms with Gasteiger partial charge in [0.15, 0.2) is 11.5 Å². The molecule has 1 saturated heterocycles. The Labute approximate surface area is 172 Å². The summed E-state index contributed by atoms with van der Waals surface area (Å²) in [6.45, 7) is 4.21. The van der Waals surface area contributed by atoms with Crippen LogP contribution >= 0.6 is 0 Å². The lowest BCUT2D eigenvalue weighted by atomic mass is 10.2. The number of hydrogen-bond acceptors (Lipinski definition) is 6. The largest absolute Gasteiger partial charge is 0.492 e. The van der Waals surface area contributed by atoms with Crippen molar-refractivity contribution in [2.75, 3.05) is 31.3 Å². The molecule has 0 N–H and O–H groups in total. The van der Waals surface area contributed by atoms with Crippen LogP contribution in [0.15, 0.2) is 42.5 Å². The van der Waals surface area contributed by atoms with E-state index in [2.05, 4.69) is 0 Å². The van der Waals surface area contributed by atoms with E-state index in [9.17, 15) is 18.8 Å². The molecule has 9 heteroatoms. The highest BCUT2D eigenvalue weighted by Crippen LogP contribution is 2.34. The Kier molecular flexibility index (Phi) is 6.51. The van der Waals surface area contributed by atoms with E-state index in [1.54, 1.807) is 13.0 Å². The second-order valence-corrected chi connectivity index (χ2v) is 6.18. The molecule has 4 amide bonds. The number of hydrogen-bond donors (Lipinski definition) is 0. The Hall–Kier alpha value is -3.62. The van der Waals surface area contributed by atoms with Crippen LogP contribution in [0.2, 0.25) is 0 Å². The van der Waals surface area contributed by atoms with Crippen LogP contribution in [0.25, 0.3) is 0 Å². The van der Waals surface area contributed by atoms with Crippen LogP contribution in [0.1, 0.15) is 13.8 Å². The fourth-order valence-corrected chi connectivity index (χ4v) is 2.89. The maximum atomic E-state index is 12.9. The third kappa shape index (κ3) is 4.35. The summed E-state index contributed by atoms with van der Waals surface area (Å²) in [5.41, 5.74) is 0.201. The number of carbonyl (C=O) groups is 3. The first kappa shape index (κ1) is 21.1. The Morgan fingerprint density at radius 2 is 1.50 bits per heavy atom. The van der Waals surface area contributed by atoms with Crippen molar-refractivity contribution < 1.29 is 33.0 Å². The molecule has 1 aliphatic rings. The van der Waals surface area contributed by atoms with Gasteiger partial charge in [-0.15, -0.1) is 0 Å². The maximum absolute atomic E-state index is 12.9. The number of urea groups is 1. The summed E-state index contributed by atoms with van der Waals surface area (Å²) < 4.78 is 29.3. The summed E-state index contributed by atoms with van der Waals surface area (Å²) in [4.78, 5) is 39.1. The van der Waals surface area contributed by atoms with E-state index in [1.165, 1.54) is 36.4 Å². The summed E-state index contributed by atoms with van der Waals surface area (Å²) in [6, 6.07) is 9.11. The fourth-order valence-electron chi connectivity index (χ4n) is 2.89. The monoisotopic (exact) mass is 416 g/mol. The van der Waals surface area contributed by atoms with Gasteiger partial charge in [-0.1, -0.05) is 0 Å². The smallest absolute Gasteiger partial charge is 0.339 e. The van der Waals surface area contributed by atoms with Crippen LogP contribution in [0.5, 0.6) is 17.2 Å².